The molecule has 3 amide bonds. The summed E-state index contributed by atoms with van der Waals surface area (Å²) in [6.45, 7) is 3.84. The van der Waals surface area contributed by atoms with E-state index in [0.717, 1.165) is 11.1 Å². The molecule has 1 aliphatic rings. The molecule has 2 N–H and O–H groups in total. The van der Waals surface area contributed by atoms with E-state index in [1.807, 2.05) is 38.1 Å². The SMILES string of the molecule is Cc1ccc(NC(=O)COc2ccc(/C=C3/C(=O)NC(=S)N(c4ccccc4)C3=O)cc2)cc1C. The van der Waals surface area contributed by atoms with Gasteiger partial charge in [-0.1, -0.05) is 36.4 Å². The van der Waals surface area contributed by atoms with Crippen molar-refractivity contribution in [1.82, 2.24) is 5.32 Å². The van der Waals surface area contributed by atoms with Crippen LogP contribution in [0.3, 0.4) is 0 Å². The molecule has 0 unspecified atom stereocenters. The molecule has 3 aromatic carbocycles. The molecule has 1 fully saturated rings. The van der Waals surface area contributed by atoms with Gasteiger partial charge in [-0.3, -0.25) is 24.6 Å². The van der Waals surface area contributed by atoms with Gasteiger partial charge in [-0.05, 0) is 85.2 Å². The number of nitrogens with zero attached hydrogens (tertiary/aromatic N) is 1. The molecule has 1 heterocycles. The Balaban J connectivity index is 1.41. The highest BCUT2D eigenvalue weighted by atomic mass is 32.1. The van der Waals surface area contributed by atoms with Gasteiger partial charge in [-0.15, -0.1) is 0 Å². The Hall–Kier alpha value is -4.30. The molecular formula is C27H23N3O4S. The predicted octanol–water partition coefficient (Wildman–Crippen LogP) is 4.15. The van der Waals surface area contributed by atoms with Crippen LogP contribution in [0, 0.1) is 13.8 Å². The second-order valence-electron chi connectivity index (χ2n) is 8.00. The summed E-state index contributed by atoms with van der Waals surface area (Å²) in [6.07, 6.45) is 1.49. The van der Waals surface area contributed by atoms with E-state index in [-0.39, 0.29) is 23.2 Å². The number of rotatable bonds is 6. The third-order valence-electron chi connectivity index (χ3n) is 5.47. The fraction of sp³-hybridized carbons (Fsp3) is 0.111. The summed E-state index contributed by atoms with van der Waals surface area (Å²) in [4.78, 5) is 39.0. The van der Waals surface area contributed by atoms with Crippen LogP contribution in [0.4, 0.5) is 11.4 Å². The number of nitrogens with one attached hydrogen (secondary N) is 2. The number of aryl methyl sites for hydroxylation is 2. The summed E-state index contributed by atoms with van der Waals surface area (Å²) >= 11 is 5.20. The number of hydrogen-bond donors (Lipinski definition) is 2. The van der Waals surface area contributed by atoms with Crippen molar-refractivity contribution in [2.24, 2.45) is 0 Å². The number of carbonyl (C=O) groups excluding carboxylic acids is 3. The summed E-state index contributed by atoms with van der Waals surface area (Å²) in [6, 6.07) is 21.3. The van der Waals surface area contributed by atoms with Crippen LogP contribution in [0.2, 0.25) is 0 Å². The van der Waals surface area contributed by atoms with Crippen LogP contribution < -0.4 is 20.3 Å². The van der Waals surface area contributed by atoms with Crippen LogP contribution in [-0.4, -0.2) is 29.4 Å². The molecule has 35 heavy (non-hydrogen) atoms. The van der Waals surface area contributed by atoms with Gasteiger partial charge < -0.3 is 10.1 Å². The third-order valence-corrected chi connectivity index (χ3v) is 5.75. The molecule has 1 aliphatic heterocycles. The Morgan fingerprint density at radius 3 is 2.40 bits per heavy atom. The van der Waals surface area contributed by atoms with E-state index in [9.17, 15) is 14.4 Å². The molecule has 0 radical (unpaired) electrons. The molecule has 176 valence electrons. The Labute approximate surface area is 208 Å². The average Bonchev–Trinajstić information content (AvgIpc) is 2.84. The van der Waals surface area contributed by atoms with E-state index in [2.05, 4.69) is 10.6 Å². The van der Waals surface area contributed by atoms with Gasteiger partial charge in [-0.2, -0.15) is 0 Å². The van der Waals surface area contributed by atoms with E-state index in [4.69, 9.17) is 17.0 Å². The number of para-hydroxylation sites is 1. The first-order valence-electron chi connectivity index (χ1n) is 10.9. The maximum Gasteiger partial charge on any atom is 0.270 e. The van der Waals surface area contributed by atoms with Crippen molar-refractivity contribution in [2.75, 3.05) is 16.8 Å². The summed E-state index contributed by atoms with van der Waals surface area (Å²) in [7, 11) is 0. The highest BCUT2D eigenvalue weighted by Crippen LogP contribution is 2.22. The molecule has 0 bridgehead atoms. The van der Waals surface area contributed by atoms with Crippen LogP contribution in [0.5, 0.6) is 5.75 Å². The van der Waals surface area contributed by atoms with Crippen LogP contribution in [0.25, 0.3) is 6.08 Å². The van der Waals surface area contributed by atoms with E-state index in [0.29, 0.717) is 22.7 Å². The number of thiocarbonyl (C=S) groups is 1. The first-order chi connectivity index (χ1) is 16.8. The zero-order valence-corrected chi connectivity index (χ0v) is 20.0. The number of amides is 3. The Morgan fingerprint density at radius 2 is 1.71 bits per heavy atom. The third kappa shape index (κ3) is 5.62. The summed E-state index contributed by atoms with van der Waals surface area (Å²) in [5, 5.41) is 5.40. The lowest BCUT2D eigenvalue weighted by Crippen LogP contribution is -2.54. The molecule has 0 saturated carbocycles. The number of ether oxygens (including phenoxy) is 1. The van der Waals surface area contributed by atoms with E-state index in [1.54, 1.807) is 48.5 Å². The summed E-state index contributed by atoms with van der Waals surface area (Å²) in [5.41, 5.74) is 4.10. The van der Waals surface area contributed by atoms with Crippen LogP contribution in [0.15, 0.2) is 78.4 Å². The molecular weight excluding hydrogens is 462 g/mol. The summed E-state index contributed by atoms with van der Waals surface area (Å²) in [5.74, 6) is -0.862. The maximum absolute atomic E-state index is 13.0. The maximum atomic E-state index is 13.0. The molecule has 8 heteroatoms. The van der Waals surface area contributed by atoms with E-state index in [1.165, 1.54) is 11.0 Å². The fourth-order valence-electron chi connectivity index (χ4n) is 3.46. The number of carbonyl (C=O) groups is 3. The van der Waals surface area contributed by atoms with Gasteiger partial charge in [-0.25, -0.2) is 0 Å². The minimum atomic E-state index is -0.560. The molecule has 3 aromatic rings. The summed E-state index contributed by atoms with van der Waals surface area (Å²) < 4.78 is 5.57. The van der Waals surface area contributed by atoms with Crippen molar-refractivity contribution in [3.8, 4) is 5.75 Å². The first-order valence-corrected chi connectivity index (χ1v) is 11.3. The molecule has 0 aliphatic carbocycles. The first kappa shape index (κ1) is 23.8. The van der Waals surface area contributed by atoms with Crippen molar-refractivity contribution in [2.45, 2.75) is 13.8 Å². The Bertz CT molecular complexity index is 1330. The molecule has 4 rings (SSSR count). The molecule has 0 spiro atoms. The lowest BCUT2D eigenvalue weighted by Gasteiger charge is -2.28. The van der Waals surface area contributed by atoms with Gasteiger partial charge in [0.05, 0.1) is 5.69 Å². The topological polar surface area (TPSA) is 87.7 Å². The fourth-order valence-corrected chi connectivity index (χ4v) is 3.74. The number of benzene rings is 3. The van der Waals surface area contributed by atoms with Gasteiger partial charge >= 0.3 is 0 Å². The monoisotopic (exact) mass is 485 g/mol. The molecule has 7 nitrogen and oxygen atoms in total. The molecule has 0 atom stereocenters. The quantitative estimate of drug-likeness (QED) is 0.311. The number of anilines is 2. The van der Waals surface area contributed by atoms with Crippen molar-refractivity contribution < 1.29 is 19.1 Å². The van der Waals surface area contributed by atoms with Crippen molar-refractivity contribution >= 4 is 52.5 Å². The van der Waals surface area contributed by atoms with E-state index >= 15 is 0 Å². The van der Waals surface area contributed by atoms with E-state index < -0.39 is 11.8 Å². The predicted molar refractivity (Wildman–Crippen MR) is 139 cm³/mol. The standard InChI is InChI=1S/C27H23N3O4S/c1-17-8-11-20(14-18(17)2)28-24(31)16-34-22-12-9-19(10-13-22)15-23-25(32)29-27(35)30(26(23)33)21-6-4-3-5-7-21/h3-15H,16H2,1-2H3,(H,28,31)(H,29,32,35)/b23-15-. The van der Waals surface area contributed by atoms with Crippen molar-refractivity contribution in [3.05, 3.63) is 95.1 Å². The average molecular weight is 486 g/mol. The lowest BCUT2D eigenvalue weighted by molar-refractivity contribution is -0.122. The smallest absolute Gasteiger partial charge is 0.270 e. The molecule has 1 saturated heterocycles. The zero-order chi connectivity index (χ0) is 24.9. The number of hydrogen-bond acceptors (Lipinski definition) is 5. The van der Waals surface area contributed by atoms with Gasteiger partial charge in [0, 0.05) is 5.69 Å². The van der Waals surface area contributed by atoms with Crippen LogP contribution >= 0.6 is 12.2 Å². The zero-order valence-electron chi connectivity index (χ0n) is 19.2. The van der Waals surface area contributed by atoms with Gasteiger partial charge in [0.1, 0.15) is 11.3 Å². The Morgan fingerprint density at radius 1 is 1.00 bits per heavy atom. The minimum absolute atomic E-state index is 0.0335. The van der Waals surface area contributed by atoms with Crippen LogP contribution in [-0.2, 0) is 14.4 Å². The Kier molecular flexibility index (Phi) is 7.03. The van der Waals surface area contributed by atoms with Crippen molar-refractivity contribution in [1.29, 1.82) is 0 Å². The second-order valence-corrected chi connectivity index (χ2v) is 8.39. The largest absolute Gasteiger partial charge is 0.484 e. The second kappa shape index (κ2) is 10.3. The van der Waals surface area contributed by atoms with Gasteiger partial charge in [0.25, 0.3) is 17.7 Å². The van der Waals surface area contributed by atoms with Crippen molar-refractivity contribution in [3.63, 3.8) is 0 Å². The normalized spacial score (nSPS) is 14.6. The highest BCUT2D eigenvalue weighted by molar-refractivity contribution is 7.80. The minimum Gasteiger partial charge on any atom is -0.484 e. The van der Waals surface area contributed by atoms with Gasteiger partial charge in [0.15, 0.2) is 11.7 Å². The van der Waals surface area contributed by atoms with Gasteiger partial charge in [0.2, 0.25) is 0 Å². The highest BCUT2D eigenvalue weighted by Gasteiger charge is 2.34. The lowest BCUT2D eigenvalue weighted by atomic mass is 10.1. The molecule has 0 aromatic heterocycles. The van der Waals surface area contributed by atoms with Crippen LogP contribution in [0.1, 0.15) is 16.7 Å².